The Labute approximate surface area is 120 Å². The highest BCUT2D eigenvalue weighted by Gasteiger charge is 2.04. The van der Waals surface area contributed by atoms with Crippen molar-refractivity contribution >= 4 is 33.6 Å². The van der Waals surface area contributed by atoms with Gasteiger partial charge in [-0.25, -0.2) is 4.79 Å². The van der Waals surface area contributed by atoms with E-state index in [2.05, 4.69) is 26.6 Å². The highest BCUT2D eigenvalue weighted by Crippen LogP contribution is 2.19. The number of amides is 2. The summed E-state index contributed by atoms with van der Waals surface area (Å²) >= 11 is 3.36. The highest BCUT2D eigenvalue weighted by atomic mass is 79.9. The predicted octanol–water partition coefficient (Wildman–Crippen LogP) is 3.13. The van der Waals surface area contributed by atoms with Gasteiger partial charge in [-0.2, -0.15) is 0 Å². The summed E-state index contributed by atoms with van der Waals surface area (Å²) < 4.78 is 0.963. The van der Waals surface area contributed by atoms with E-state index in [1.165, 1.54) is 0 Å². The van der Waals surface area contributed by atoms with Gasteiger partial charge in [-0.05, 0) is 43.5 Å². The Hall–Kier alpha value is -1.56. The van der Waals surface area contributed by atoms with Crippen LogP contribution in [0, 0.1) is 6.92 Å². The molecular weight excluding hydrogens is 312 g/mol. The van der Waals surface area contributed by atoms with Crippen molar-refractivity contribution in [3.05, 3.63) is 28.2 Å². The van der Waals surface area contributed by atoms with Crippen LogP contribution in [0.4, 0.5) is 10.5 Å². The molecule has 0 heterocycles. The highest BCUT2D eigenvalue weighted by molar-refractivity contribution is 9.10. The lowest BCUT2D eigenvalue weighted by atomic mass is 10.2. The summed E-state index contributed by atoms with van der Waals surface area (Å²) in [6.07, 6.45) is 1.35. The maximum absolute atomic E-state index is 11.6. The molecule has 1 aromatic carbocycles. The van der Waals surface area contributed by atoms with E-state index < -0.39 is 5.97 Å². The first-order valence-electron chi connectivity index (χ1n) is 6.02. The van der Waals surface area contributed by atoms with Gasteiger partial charge in [0, 0.05) is 23.1 Å². The quantitative estimate of drug-likeness (QED) is 0.702. The standard InChI is InChI=1S/C13H17BrN2O3/c1-9-8-10(14)5-6-11(9)16-13(19)15-7-3-2-4-12(17)18/h5-6,8H,2-4,7H2,1H3,(H,17,18)(H2,15,16,19). The van der Waals surface area contributed by atoms with E-state index in [9.17, 15) is 9.59 Å². The molecule has 1 aromatic rings. The van der Waals surface area contributed by atoms with E-state index in [4.69, 9.17) is 5.11 Å². The Bertz CT molecular complexity index is 463. The molecule has 6 heteroatoms. The number of carbonyl (C=O) groups is 2. The van der Waals surface area contributed by atoms with Gasteiger partial charge < -0.3 is 15.7 Å². The molecule has 0 aromatic heterocycles. The Kier molecular flexibility index (Phi) is 6.35. The van der Waals surface area contributed by atoms with Crippen LogP contribution in [0.25, 0.3) is 0 Å². The third-order valence-corrected chi connectivity index (χ3v) is 3.03. The number of aliphatic carboxylic acids is 1. The zero-order valence-electron chi connectivity index (χ0n) is 10.7. The molecule has 0 aliphatic heterocycles. The summed E-state index contributed by atoms with van der Waals surface area (Å²) in [6.45, 7) is 2.38. The van der Waals surface area contributed by atoms with E-state index in [1.54, 1.807) is 0 Å². The van der Waals surface area contributed by atoms with E-state index >= 15 is 0 Å². The molecule has 0 atom stereocenters. The van der Waals surface area contributed by atoms with Crippen molar-refractivity contribution in [2.45, 2.75) is 26.2 Å². The molecule has 19 heavy (non-hydrogen) atoms. The van der Waals surface area contributed by atoms with Crippen LogP contribution in [0.15, 0.2) is 22.7 Å². The minimum absolute atomic E-state index is 0.134. The molecule has 5 nitrogen and oxygen atoms in total. The van der Waals surface area contributed by atoms with E-state index in [1.807, 2.05) is 25.1 Å². The smallest absolute Gasteiger partial charge is 0.319 e. The number of carboxylic acid groups (broad SMARTS) is 1. The van der Waals surface area contributed by atoms with Crippen molar-refractivity contribution in [1.29, 1.82) is 0 Å². The number of hydrogen-bond acceptors (Lipinski definition) is 2. The Morgan fingerprint density at radius 1 is 1.32 bits per heavy atom. The molecule has 0 saturated carbocycles. The van der Waals surface area contributed by atoms with Crippen molar-refractivity contribution < 1.29 is 14.7 Å². The summed E-state index contributed by atoms with van der Waals surface area (Å²) in [6, 6.07) is 5.32. The first-order valence-corrected chi connectivity index (χ1v) is 6.81. The normalized spacial score (nSPS) is 10.0. The summed E-state index contributed by atoms with van der Waals surface area (Å²) in [5, 5.41) is 13.9. The average Bonchev–Trinajstić information content (AvgIpc) is 2.32. The maximum atomic E-state index is 11.6. The number of anilines is 1. The zero-order valence-corrected chi connectivity index (χ0v) is 12.3. The van der Waals surface area contributed by atoms with Gasteiger partial charge in [-0.3, -0.25) is 4.79 Å². The minimum atomic E-state index is -0.810. The van der Waals surface area contributed by atoms with Gasteiger partial charge >= 0.3 is 12.0 Å². The number of aryl methyl sites for hydroxylation is 1. The number of benzene rings is 1. The van der Waals surface area contributed by atoms with Gasteiger partial charge in [0.1, 0.15) is 0 Å². The Balaban J connectivity index is 2.29. The number of rotatable bonds is 6. The molecule has 2 amide bonds. The first-order chi connectivity index (χ1) is 8.99. The van der Waals surface area contributed by atoms with E-state index in [0.29, 0.717) is 19.4 Å². The van der Waals surface area contributed by atoms with Crippen LogP contribution in [0.1, 0.15) is 24.8 Å². The van der Waals surface area contributed by atoms with Gasteiger partial charge in [-0.15, -0.1) is 0 Å². The van der Waals surface area contributed by atoms with Gasteiger partial charge in [0.05, 0.1) is 0 Å². The third-order valence-electron chi connectivity index (χ3n) is 2.54. The number of urea groups is 1. The fourth-order valence-corrected chi connectivity index (χ4v) is 2.01. The number of carboxylic acids is 1. The van der Waals surface area contributed by atoms with E-state index in [0.717, 1.165) is 15.7 Å². The van der Waals surface area contributed by atoms with Crippen LogP contribution in [-0.4, -0.2) is 23.7 Å². The van der Waals surface area contributed by atoms with Gasteiger partial charge in [0.15, 0.2) is 0 Å². The summed E-state index contributed by atoms with van der Waals surface area (Å²) in [5.41, 5.74) is 1.72. The van der Waals surface area contributed by atoms with Crippen LogP contribution >= 0.6 is 15.9 Å². The molecule has 0 aliphatic carbocycles. The third kappa shape index (κ3) is 6.24. The molecular formula is C13H17BrN2O3. The number of hydrogen-bond donors (Lipinski definition) is 3. The molecule has 0 fully saturated rings. The van der Waals surface area contributed by atoms with Crippen molar-refractivity contribution in [3.8, 4) is 0 Å². The molecule has 0 bridgehead atoms. The molecule has 0 radical (unpaired) electrons. The van der Waals surface area contributed by atoms with Gasteiger partial charge in [0.25, 0.3) is 0 Å². The number of nitrogens with one attached hydrogen (secondary N) is 2. The van der Waals surface area contributed by atoms with E-state index in [-0.39, 0.29) is 12.5 Å². The van der Waals surface area contributed by atoms with Crippen LogP contribution in [0.2, 0.25) is 0 Å². The van der Waals surface area contributed by atoms with Crippen LogP contribution in [0.5, 0.6) is 0 Å². The molecule has 3 N–H and O–H groups in total. The largest absolute Gasteiger partial charge is 0.481 e. The first kappa shape index (κ1) is 15.5. The van der Waals surface area contributed by atoms with Crippen molar-refractivity contribution in [3.63, 3.8) is 0 Å². The molecule has 0 aliphatic rings. The van der Waals surface area contributed by atoms with Crippen LogP contribution < -0.4 is 10.6 Å². The number of carbonyl (C=O) groups excluding carboxylic acids is 1. The predicted molar refractivity (Wildman–Crippen MR) is 77.4 cm³/mol. The second kappa shape index (κ2) is 7.78. The molecule has 104 valence electrons. The maximum Gasteiger partial charge on any atom is 0.319 e. The fraction of sp³-hybridized carbons (Fsp3) is 0.385. The Morgan fingerprint density at radius 2 is 2.05 bits per heavy atom. The second-order valence-electron chi connectivity index (χ2n) is 4.19. The van der Waals surface area contributed by atoms with Crippen molar-refractivity contribution in [2.75, 3.05) is 11.9 Å². The lowest BCUT2D eigenvalue weighted by Crippen LogP contribution is -2.29. The SMILES string of the molecule is Cc1cc(Br)ccc1NC(=O)NCCCCC(=O)O. The lowest BCUT2D eigenvalue weighted by Gasteiger charge is -2.10. The van der Waals surface area contributed by atoms with Gasteiger partial charge in [0.2, 0.25) is 0 Å². The summed E-state index contributed by atoms with van der Waals surface area (Å²) in [7, 11) is 0. The lowest BCUT2D eigenvalue weighted by molar-refractivity contribution is -0.137. The fourth-order valence-electron chi connectivity index (χ4n) is 1.54. The average molecular weight is 329 g/mol. The topological polar surface area (TPSA) is 78.4 Å². The number of halogens is 1. The monoisotopic (exact) mass is 328 g/mol. The van der Waals surface area contributed by atoms with Crippen LogP contribution in [0.3, 0.4) is 0 Å². The molecule has 1 rings (SSSR count). The molecule has 0 saturated heterocycles. The van der Waals surface area contributed by atoms with Crippen LogP contribution in [-0.2, 0) is 4.79 Å². The Morgan fingerprint density at radius 3 is 2.68 bits per heavy atom. The zero-order chi connectivity index (χ0) is 14.3. The summed E-state index contributed by atoms with van der Waals surface area (Å²) in [5.74, 6) is -0.810. The molecule has 0 spiro atoms. The van der Waals surface area contributed by atoms with Crippen molar-refractivity contribution in [1.82, 2.24) is 5.32 Å². The summed E-state index contributed by atoms with van der Waals surface area (Å²) in [4.78, 5) is 21.9. The number of unbranched alkanes of at least 4 members (excludes halogenated alkanes) is 1. The minimum Gasteiger partial charge on any atom is -0.481 e. The van der Waals surface area contributed by atoms with Gasteiger partial charge in [-0.1, -0.05) is 15.9 Å². The molecule has 0 unspecified atom stereocenters. The second-order valence-corrected chi connectivity index (χ2v) is 5.11. The van der Waals surface area contributed by atoms with Crippen molar-refractivity contribution in [2.24, 2.45) is 0 Å².